The monoisotopic (exact) mass is 1340 g/mol. The van der Waals surface area contributed by atoms with E-state index in [-0.39, 0.29) is 192 Å². The molecule has 1 aliphatic carbocycles. The number of unbranched alkanes of at least 4 members (excludes halogenated alkanes) is 16. The topological polar surface area (TPSA) is 391 Å². The number of hydrogen-bond donors (Lipinski definition) is 8. The minimum absolute atomic E-state index is 0. The molecule has 1 aliphatic rings. The fraction of sp³-hybridized carbons (Fsp3) is 0.600. The molecule has 8 bridgehead atoms. The zero-order valence-corrected chi connectivity index (χ0v) is 63.8. The third-order valence-electron chi connectivity index (χ3n) is 16.3. The summed E-state index contributed by atoms with van der Waals surface area (Å²) in [7, 11) is -20.9. The van der Waals surface area contributed by atoms with Gasteiger partial charge in [0.05, 0.1) is 22.6 Å². The molecule has 0 fully saturated rings. The Morgan fingerprint density at radius 3 is 0.670 bits per heavy atom. The summed E-state index contributed by atoms with van der Waals surface area (Å²) in [5, 5.41) is 111. The number of aromatic hydroxyl groups is 4. The molecule has 20 nitrogen and oxygen atoms in total. The maximum absolute atomic E-state index is 15.3. The Hall–Kier alpha value is -1.08. The summed E-state index contributed by atoms with van der Waals surface area (Å²) < 4.78 is 146. The summed E-state index contributed by atoms with van der Waals surface area (Å²) in [5.74, 6) is -20.9. The molecule has 0 aromatic heterocycles. The van der Waals surface area contributed by atoms with Crippen molar-refractivity contribution in [1.82, 2.24) is 0 Å². The van der Waals surface area contributed by atoms with E-state index in [9.17, 15) is 72.3 Å². The van der Waals surface area contributed by atoms with Gasteiger partial charge in [-0.2, -0.15) is 33.7 Å². The van der Waals surface area contributed by atoms with E-state index in [1.54, 1.807) is 0 Å². The van der Waals surface area contributed by atoms with Gasteiger partial charge in [0.2, 0.25) is 0 Å². The van der Waals surface area contributed by atoms with Crippen LogP contribution >= 0.6 is 0 Å². The van der Waals surface area contributed by atoms with Gasteiger partial charge in [-0.05, 0) is 71.2 Å². The zero-order valence-electron chi connectivity index (χ0n) is 52.5. The molecular formula is C60H84Na4O20S4. The van der Waals surface area contributed by atoms with Crippen molar-refractivity contribution in [2.24, 2.45) is 0 Å². The van der Waals surface area contributed by atoms with Gasteiger partial charge in [0, 0.05) is 45.9 Å². The van der Waals surface area contributed by atoms with E-state index in [0.29, 0.717) is 51.4 Å². The van der Waals surface area contributed by atoms with Crippen LogP contribution in [0.3, 0.4) is 0 Å². The number of hydrogen-bond acceptors (Lipinski definition) is 16. The van der Waals surface area contributed by atoms with Crippen molar-refractivity contribution in [2.45, 2.75) is 228 Å². The normalized spacial score (nSPS) is 16.0. The second kappa shape index (κ2) is 38.5. The Kier molecular flexibility index (Phi) is 37.1. The largest absolute Gasteiger partial charge is 1.00 e. The second-order valence-corrected chi connectivity index (χ2v) is 28.6. The Morgan fingerprint density at radius 2 is 0.466 bits per heavy atom. The Labute approximate surface area is 609 Å². The molecular weight excluding hydrogens is 1260 g/mol. The summed E-state index contributed by atoms with van der Waals surface area (Å²) in [6, 6.07) is 4.70. The molecule has 0 spiro atoms. The molecule has 472 valence electrons. The molecule has 0 radical (unpaired) electrons. The fourth-order valence-electron chi connectivity index (χ4n) is 12.1. The number of fused-ring (bicyclic) bond motifs is 8. The van der Waals surface area contributed by atoms with Gasteiger partial charge in [-0.1, -0.05) is 168 Å². The van der Waals surface area contributed by atoms with Crippen molar-refractivity contribution < 1.29 is 211 Å². The molecule has 0 saturated heterocycles. The molecule has 4 aromatic carbocycles. The van der Waals surface area contributed by atoms with Crippen LogP contribution in [0.5, 0.6) is 46.0 Å². The van der Waals surface area contributed by atoms with E-state index >= 15 is 20.4 Å². The van der Waals surface area contributed by atoms with E-state index in [4.69, 9.17) is 0 Å². The molecule has 0 amide bonds. The summed E-state index contributed by atoms with van der Waals surface area (Å²) in [4.78, 5) is 0. The molecule has 8 N–H and O–H groups in total. The van der Waals surface area contributed by atoms with Gasteiger partial charge < -0.3 is 40.9 Å². The Balaban J connectivity index is 0.00000968. The van der Waals surface area contributed by atoms with E-state index in [0.717, 1.165) is 63.5 Å². The third kappa shape index (κ3) is 23.7. The van der Waals surface area contributed by atoms with Crippen LogP contribution in [-0.4, -0.2) is 72.3 Å². The first-order chi connectivity index (χ1) is 39.4. The van der Waals surface area contributed by atoms with Gasteiger partial charge in [-0.15, -0.1) is 23.0 Å². The minimum Gasteiger partial charge on any atom is -0.872 e. The molecule has 0 saturated carbocycles. The maximum Gasteiger partial charge on any atom is 1.00 e. The van der Waals surface area contributed by atoms with E-state index in [2.05, 4.69) is 0 Å². The van der Waals surface area contributed by atoms with Crippen LogP contribution in [0, 0.1) is 0 Å². The van der Waals surface area contributed by atoms with Gasteiger partial charge in [0.25, 0.3) is 40.5 Å². The fourth-order valence-corrected chi connectivity index (χ4v) is 14.6. The Bertz CT molecular complexity index is 2840. The van der Waals surface area contributed by atoms with Gasteiger partial charge in [-0.25, -0.2) is 0 Å². The van der Waals surface area contributed by atoms with Crippen molar-refractivity contribution >= 4 is 40.5 Å². The van der Waals surface area contributed by atoms with Crippen LogP contribution in [0.1, 0.15) is 272 Å². The second-order valence-electron chi connectivity index (χ2n) is 22.8. The average Bonchev–Trinajstić information content (AvgIpc) is 1.99. The van der Waals surface area contributed by atoms with Crippen molar-refractivity contribution in [3.8, 4) is 46.0 Å². The van der Waals surface area contributed by atoms with Crippen LogP contribution < -0.4 is 139 Å². The smallest absolute Gasteiger partial charge is 0.872 e. The first-order valence-electron chi connectivity index (χ1n) is 29.4. The Morgan fingerprint density at radius 1 is 0.295 bits per heavy atom. The zero-order chi connectivity index (χ0) is 62.5. The number of phenols is 4. The molecule has 28 heteroatoms. The van der Waals surface area contributed by atoms with Crippen LogP contribution in [0.2, 0.25) is 0 Å². The molecule has 0 heterocycles. The summed E-state index contributed by atoms with van der Waals surface area (Å²) in [5.41, 5.74) is -6.51. The van der Waals surface area contributed by atoms with E-state index < -0.39 is 178 Å². The van der Waals surface area contributed by atoms with Crippen LogP contribution in [0.25, 0.3) is 0 Å². The molecule has 5 rings (SSSR count). The van der Waals surface area contributed by atoms with Gasteiger partial charge in [0.15, 0.2) is 0 Å². The maximum atomic E-state index is 15.3. The third-order valence-corrected chi connectivity index (χ3v) is 18.9. The van der Waals surface area contributed by atoms with Crippen molar-refractivity contribution in [3.63, 3.8) is 0 Å². The van der Waals surface area contributed by atoms with Crippen LogP contribution in [-0.2, 0) is 63.5 Å². The van der Waals surface area contributed by atoms with Gasteiger partial charge in [-0.3, -0.25) is 18.2 Å². The van der Waals surface area contributed by atoms with Gasteiger partial charge >= 0.3 is 118 Å². The quantitative estimate of drug-likeness (QED) is 0.0159. The molecule has 4 aromatic rings. The van der Waals surface area contributed by atoms with Crippen molar-refractivity contribution in [3.05, 3.63) is 91.0 Å². The van der Waals surface area contributed by atoms with Crippen molar-refractivity contribution in [2.75, 3.05) is 0 Å². The first-order valence-corrected chi connectivity index (χ1v) is 35.9. The van der Waals surface area contributed by atoms with E-state index in [1.807, 2.05) is 27.7 Å². The average molecular weight is 1350 g/mol. The standard InChI is InChI=1S/C60H88O20S4.4Na/c1-5-9-13-17-21-25-37-41-29-43(55(63)49(53(41)61)33-81(69,70)71)38(26-22-18-14-10-6-2)45-31-47(59(67)51(57(45)65)35-83(75,76)77)40(28-24-20-16-12-8-4)48-32-46(58(66)52(60(48)68)36-84(78,79)80)39(27-23-19-15-11-7-3)44-30-42(37)54(62)50(56(44)64)34-82(72,73)74;;;;/h29-32,37-40,61-68H,5-28,33-36H2,1-4H3,(H,69,70,71)(H,72,73,74)(H,75,76,77)(H,78,79,80);;;;/q;4*+1/p-4. The number of phenolic OH excluding ortho intramolecular Hbond substituents is 4. The number of rotatable bonds is 32. The first kappa shape index (κ1) is 84.9. The van der Waals surface area contributed by atoms with Crippen molar-refractivity contribution in [1.29, 1.82) is 0 Å². The molecule has 88 heavy (non-hydrogen) atoms. The number of benzene rings is 4. The molecule has 0 aliphatic heterocycles. The van der Waals surface area contributed by atoms with Crippen LogP contribution in [0.15, 0.2) is 24.3 Å². The predicted octanol–water partition coefficient (Wildman–Crippen LogP) is -1.35. The summed E-state index contributed by atoms with van der Waals surface area (Å²) in [6.45, 7) is 7.85. The summed E-state index contributed by atoms with van der Waals surface area (Å²) >= 11 is 0. The minimum atomic E-state index is -5.26. The molecule has 2 unspecified atom stereocenters. The van der Waals surface area contributed by atoms with E-state index in [1.165, 1.54) is 12.1 Å². The van der Waals surface area contributed by atoms with Crippen LogP contribution in [0.4, 0.5) is 0 Å². The molecule has 2 atom stereocenters. The summed E-state index contributed by atoms with van der Waals surface area (Å²) in [6.07, 6.45) is 11.1. The SMILES string of the molecule is CCCCCCCC1c2cc(c([O-])c(CS(=O)(=O)O)c2[O-])C(CCCCCCC)c2cc(c(O)c(CS(=O)(=O)O)c2O)C(CCCCCCC)c2cc(c(O)c(CS(=O)(=O)O)c2O)C(CCCCCCC)c2cc1c([O-])c(CS(=O)(=O)O)c2[O-].[Na+].[Na+].[Na+].[Na+]. The predicted molar refractivity (Wildman–Crippen MR) is 312 cm³/mol. The van der Waals surface area contributed by atoms with Gasteiger partial charge in [0.1, 0.15) is 34.5 Å².